The summed E-state index contributed by atoms with van der Waals surface area (Å²) in [6.07, 6.45) is 2.15. The molecule has 20 heavy (non-hydrogen) atoms. The lowest BCUT2D eigenvalue weighted by Gasteiger charge is -2.20. The molecule has 0 spiro atoms. The van der Waals surface area contributed by atoms with Gasteiger partial charge in [-0.05, 0) is 27.4 Å². The maximum absolute atomic E-state index is 10.7. The van der Waals surface area contributed by atoms with Crippen LogP contribution in [0.25, 0.3) is 0 Å². The first kappa shape index (κ1) is 15.3. The Balaban J connectivity index is 2.16. The lowest BCUT2D eigenvalue weighted by molar-refractivity contribution is 0.0733. The van der Waals surface area contributed by atoms with Crippen LogP contribution in [0, 0.1) is 5.92 Å². The zero-order valence-corrected chi connectivity index (χ0v) is 12.7. The summed E-state index contributed by atoms with van der Waals surface area (Å²) in [5.41, 5.74) is 0.761. The zero-order chi connectivity index (χ0) is 14.7. The normalized spacial score (nSPS) is 24.3. The fourth-order valence-corrected chi connectivity index (χ4v) is 2.60. The van der Waals surface area contributed by atoms with Crippen LogP contribution in [0.1, 0.15) is 25.1 Å². The summed E-state index contributed by atoms with van der Waals surface area (Å²) in [5, 5.41) is 15.0. The minimum atomic E-state index is -0.598. The molecule has 114 valence electrons. The number of nitrogens with zero attached hydrogens (tertiary/aromatic N) is 3. The molecule has 1 aromatic rings. The maximum atomic E-state index is 10.7. The second kappa shape index (κ2) is 6.56. The van der Waals surface area contributed by atoms with E-state index in [1.165, 1.54) is 0 Å². The highest BCUT2D eigenvalue weighted by Gasteiger charge is 2.33. The van der Waals surface area contributed by atoms with Crippen LogP contribution < -0.4 is 4.74 Å². The van der Waals surface area contributed by atoms with Gasteiger partial charge in [-0.2, -0.15) is 5.10 Å². The maximum Gasteiger partial charge on any atom is 0.162 e. The van der Waals surface area contributed by atoms with E-state index in [4.69, 9.17) is 9.47 Å². The first-order valence-corrected chi connectivity index (χ1v) is 7.07. The molecule has 1 N–H and O–H groups in total. The Bertz CT molecular complexity index is 433. The van der Waals surface area contributed by atoms with Gasteiger partial charge in [0.15, 0.2) is 5.75 Å². The van der Waals surface area contributed by atoms with E-state index in [-0.39, 0.29) is 12.0 Å². The van der Waals surface area contributed by atoms with Crippen molar-refractivity contribution in [3.63, 3.8) is 0 Å². The lowest BCUT2D eigenvalue weighted by atomic mass is 9.96. The first-order valence-electron chi connectivity index (χ1n) is 7.07. The number of aromatic nitrogens is 2. The van der Waals surface area contributed by atoms with E-state index in [2.05, 4.69) is 10.00 Å². The van der Waals surface area contributed by atoms with Gasteiger partial charge in [-0.15, -0.1) is 0 Å². The summed E-state index contributed by atoms with van der Waals surface area (Å²) >= 11 is 0. The van der Waals surface area contributed by atoms with Gasteiger partial charge >= 0.3 is 0 Å². The molecule has 0 amide bonds. The smallest absolute Gasteiger partial charge is 0.162 e. The molecule has 0 aliphatic carbocycles. The van der Waals surface area contributed by atoms with Crippen LogP contribution in [0.15, 0.2) is 6.20 Å². The third-order valence-electron chi connectivity index (χ3n) is 3.78. The van der Waals surface area contributed by atoms with E-state index in [0.29, 0.717) is 12.4 Å². The Labute approximate surface area is 120 Å². The Morgan fingerprint density at radius 2 is 2.35 bits per heavy atom. The van der Waals surface area contributed by atoms with Crippen LogP contribution in [-0.4, -0.2) is 60.2 Å². The standard InChI is InChI=1S/C14H25N3O3/c1-10-7-11(9-20-10)14(18)13-12(19-4)8-15-17(13)6-5-16(2)3/h8,10-11,14,18H,5-7,9H2,1-4H3. The Morgan fingerprint density at radius 1 is 1.60 bits per heavy atom. The molecule has 1 aromatic heterocycles. The number of aliphatic hydroxyl groups is 1. The number of ether oxygens (including phenoxy) is 2. The molecule has 1 fully saturated rings. The zero-order valence-electron chi connectivity index (χ0n) is 12.7. The van der Waals surface area contributed by atoms with Crippen LogP contribution in [0.5, 0.6) is 5.75 Å². The molecular weight excluding hydrogens is 258 g/mol. The molecule has 0 radical (unpaired) electrons. The van der Waals surface area contributed by atoms with Crippen LogP contribution in [0.4, 0.5) is 0 Å². The van der Waals surface area contributed by atoms with Gasteiger partial charge in [0, 0.05) is 12.5 Å². The van der Waals surface area contributed by atoms with Crippen molar-refractivity contribution in [1.29, 1.82) is 0 Å². The Kier molecular flexibility index (Phi) is 5.01. The van der Waals surface area contributed by atoms with Crippen LogP contribution in [0.2, 0.25) is 0 Å². The molecule has 3 unspecified atom stereocenters. The molecule has 1 saturated heterocycles. The van der Waals surface area contributed by atoms with Gasteiger partial charge in [-0.25, -0.2) is 0 Å². The molecule has 6 nitrogen and oxygen atoms in total. The van der Waals surface area contributed by atoms with E-state index in [1.54, 1.807) is 13.3 Å². The van der Waals surface area contributed by atoms with E-state index in [0.717, 1.165) is 25.2 Å². The van der Waals surface area contributed by atoms with E-state index < -0.39 is 6.10 Å². The van der Waals surface area contributed by atoms with Crippen molar-refractivity contribution < 1.29 is 14.6 Å². The van der Waals surface area contributed by atoms with Gasteiger partial charge in [-0.3, -0.25) is 4.68 Å². The molecule has 3 atom stereocenters. The predicted octanol–water partition coefficient (Wildman–Crippen LogP) is 0.912. The number of likely N-dealkylation sites (N-methyl/N-ethyl adjacent to an activating group) is 1. The average Bonchev–Trinajstić information content (AvgIpc) is 3.01. The Hall–Kier alpha value is -1.11. The molecular formula is C14H25N3O3. The van der Waals surface area contributed by atoms with Crippen LogP contribution in [-0.2, 0) is 11.3 Å². The Morgan fingerprint density at radius 3 is 2.90 bits per heavy atom. The number of hydrogen-bond donors (Lipinski definition) is 1. The summed E-state index contributed by atoms with van der Waals surface area (Å²) in [7, 11) is 5.64. The van der Waals surface area contributed by atoms with E-state index in [1.807, 2.05) is 25.7 Å². The van der Waals surface area contributed by atoms with Crippen LogP contribution >= 0.6 is 0 Å². The minimum absolute atomic E-state index is 0.105. The molecule has 1 aliphatic heterocycles. The minimum Gasteiger partial charge on any atom is -0.493 e. The third-order valence-corrected chi connectivity index (χ3v) is 3.78. The highest BCUT2D eigenvalue weighted by molar-refractivity contribution is 5.28. The van der Waals surface area contributed by atoms with Crippen molar-refractivity contribution in [1.82, 2.24) is 14.7 Å². The number of methoxy groups -OCH3 is 1. The van der Waals surface area contributed by atoms with Gasteiger partial charge in [-0.1, -0.05) is 0 Å². The highest BCUT2D eigenvalue weighted by Crippen LogP contribution is 2.35. The van der Waals surface area contributed by atoms with Crippen molar-refractivity contribution in [2.24, 2.45) is 5.92 Å². The number of aliphatic hydroxyl groups excluding tert-OH is 1. The van der Waals surface area contributed by atoms with Crippen LogP contribution in [0.3, 0.4) is 0 Å². The van der Waals surface area contributed by atoms with Crippen molar-refractivity contribution in [3.8, 4) is 5.75 Å². The third kappa shape index (κ3) is 3.31. The summed E-state index contributed by atoms with van der Waals surface area (Å²) in [6, 6.07) is 0. The SMILES string of the molecule is COc1cnn(CCN(C)C)c1C(O)C1COC(C)C1. The summed E-state index contributed by atoms with van der Waals surface area (Å²) in [5.74, 6) is 0.754. The summed E-state index contributed by atoms with van der Waals surface area (Å²) in [4.78, 5) is 2.09. The second-order valence-electron chi connectivity index (χ2n) is 5.71. The summed E-state index contributed by atoms with van der Waals surface area (Å²) in [6.45, 7) is 4.21. The van der Waals surface area contributed by atoms with Crippen molar-refractivity contribution in [3.05, 3.63) is 11.9 Å². The van der Waals surface area contributed by atoms with Crippen molar-refractivity contribution in [2.45, 2.75) is 32.1 Å². The molecule has 0 aromatic carbocycles. The average molecular weight is 283 g/mol. The fourth-order valence-electron chi connectivity index (χ4n) is 2.60. The molecule has 0 bridgehead atoms. The van der Waals surface area contributed by atoms with Gasteiger partial charge in [0.2, 0.25) is 0 Å². The van der Waals surface area contributed by atoms with Gasteiger partial charge in [0.05, 0.1) is 32.6 Å². The fraction of sp³-hybridized carbons (Fsp3) is 0.786. The topological polar surface area (TPSA) is 59.8 Å². The largest absolute Gasteiger partial charge is 0.493 e. The summed E-state index contributed by atoms with van der Waals surface area (Å²) < 4.78 is 12.7. The molecule has 1 aliphatic rings. The quantitative estimate of drug-likeness (QED) is 0.841. The van der Waals surface area contributed by atoms with E-state index >= 15 is 0 Å². The lowest BCUT2D eigenvalue weighted by Crippen LogP contribution is -2.23. The molecule has 0 saturated carbocycles. The van der Waals surface area contributed by atoms with Gasteiger partial charge in [0.1, 0.15) is 11.8 Å². The molecule has 2 rings (SSSR count). The monoisotopic (exact) mass is 283 g/mol. The second-order valence-corrected chi connectivity index (χ2v) is 5.71. The van der Waals surface area contributed by atoms with Gasteiger partial charge < -0.3 is 19.5 Å². The number of rotatable bonds is 6. The molecule has 6 heteroatoms. The first-order chi connectivity index (χ1) is 9.52. The van der Waals surface area contributed by atoms with E-state index in [9.17, 15) is 5.11 Å². The van der Waals surface area contributed by atoms with Gasteiger partial charge in [0.25, 0.3) is 0 Å². The predicted molar refractivity (Wildman–Crippen MR) is 75.8 cm³/mol. The highest BCUT2D eigenvalue weighted by atomic mass is 16.5. The van der Waals surface area contributed by atoms with Crippen molar-refractivity contribution in [2.75, 3.05) is 34.4 Å². The molecule has 2 heterocycles. The van der Waals surface area contributed by atoms with Crippen molar-refractivity contribution >= 4 is 0 Å². The number of hydrogen-bond acceptors (Lipinski definition) is 5.